The molecule has 1 amide bonds. The molecule has 1 aliphatic heterocycles. The first-order valence-electron chi connectivity index (χ1n) is 8.10. The minimum atomic E-state index is -0.604. The summed E-state index contributed by atoms with van der Waals surface area (Å²) in [7, 11) is 1.27. The first kappa shape index (κ1) is 17.6. The number of methoxy groups -OCH3 is 1. The molecule has 0 N–H and O–H groups in total. The molecule has 5 heteroatoms. The van der Waals surface area contributed by atoms with E-state index in [0.717, 1.165) is 5.56 Å². The molecule has 1 aliphatic rings. The second-order valence-electron chi connectivity index (χ2n) is 6.04. The molecule has 132 valence electrons. The van der Waals surface area contributed by atoms with Gasteiger partial charge in [-0.1, -0.05) is 29.8 Å². The second kappa shape index (κ2) is 6.96. The van der Waals surface area contributed by atoms with Crippen molar-refractivity contribution in [3.8, 4) is 0 Å². The average Bonchev–Trinajstić information content (AvgIpc) is 2.86. The Bertz CT molecular complexity index is 942. The molecule has 0 bridgehead atoms. The zero-order valence-electron chi connectivity index (χ0n) is 14.7. The lowest BCUT2D eigenvalue weighted by Crippen LogP contribution is -2.24. The van der Waals surface area contributed by atoms with Crippen LogP contribution in [0.25, 0.3) is 6.08 Å². The van der Waals surface area contributed by atoms with Gasteiger partial charge in [-0.2, -0.15) is 0 Å². The number of amides is 1. The lowest BCUT2D eigenvalue weighted by atomic mass is 10.0. The highest BCUT2D eigenvalue weighted by Gasteiger charge is 2.37. The molecular formula is C21H18FNO3. The largest absolute Gasteiger partial charge is 0.465 e. The summed E-state index contributed by atoms with van der Waals surface area (Å²) in [5, 5.41) is 0. The molecule has 4 nitrogen and oxygen atoms in total. The quantitative estimate of drug-likeness (QED) is 0.620. The number of nitrogens with zero attached hydrogens (tertiary/aromatic N) is 1. The van der Waals surface area contributed by atoms with Crippen LogP contribution in [0.1, 0.15) is 18.1 Å². The van der Waals surface area contributed by atoms with E-state index >= 15 is 0 Å². The molecule has 3 rings (SSSR count). The van der Waals surface area contributed by atoms with E-state index in [9.17, 15) is 14.0 Å². The SMILES string of the molecule is COC(=O)C1=C(C)N(c2ccc(C)cc2)C(=O)/C1=C\c1cccc(F)c1. The molecule has 2 aromatic carbocycles. The van der Waals surface area contributed by atoms with E-state index in [-0.39, 0.29) is 17.1 Å². The van der Waals surface area contributed by atoms with Crippen LogP contribution >= 0.6 is 0 Å². The Balaban J connectivity index is 2.13. The van der Waals surface area contributed by atoms with E-state index in [2.05, 4.69) is 0 Å². The van der Waals surface area contributed by atoms with Gasteiger partial charge in [0, 0.05) is 11.4 Å². The maximum absolute atomic E-state index is 13.5. The average molecular weight is 351 g/mol. The smallest absolute Gasteiger partial charge is 0.340 e. The van der Waals surface area contributed by atoms with Gasteiger partial charge in [0.25, 0.3) is 5.91 Å². The summed E-state index contributed by atoms with van der Waals surface area (Å²) in [6, 6.07) is 13.3. The van der Waals surface area contributed by atoms with Crippen LogP contribution in [0.15, 0.2) is 65.4 Å². The predicted molar refractivity (Wildman–Crippen MR) is 97.8 cm³/mol. The summed E-state index contributed by atoms with van der Waals surface area (Å²) in [4.78, 5) is 26.8. The van der Waals surface area contributed by atoms with Crippen LogP contribution in [-0.4, -0.2) is 19.0 Å². The van der Waals surface area contributed by atoms with Crippen LogP contribution < -0.4 is 4.90 Å². The van der Waals surface area contributed by atoms with Crippen LogP contribution in [0.2, 0.25) is 0 Å². The molecule has 0 spiro atoms. The minimum Gasteiger partial charge on any atom is -0.465 e. The monoisotopic (exact) mass is 351 g/mol. The summed E-state index contributed by atoms with van der Waals surface area (Å²) in [6.07, 6.45) is 1.51. The van der Waals surface area contributed by atoms with Crippen molar-refractivity contribution in [3.05, 3.63) is 82.3 Å². The summed E-state index contributed by atoms with van der Waals surface area (Å²) >= 11 is 0. The Hall–Kier alpha value is -3.21. The summed E-state index contributed by atoms with van der Waals surface area (Å²) in [5.41, 5.74) is 3.05. The number of hydrogen-bond donors (Lipinski definition) is 0. The highest BCUT2D eigenvalue weighted by atomic mass is 19.1. The first-order valence-corrected chi connectivity index (χ1v) is 8.10. The van der Waals surface area contributed by atoms with Crippen molar-refractivity contribution in [1.82, 2.24) is 0 Å². The van der Waals surface area contributed by atoms with Crippen LogP contribution in [0.4, 0.5) is 10.1 Å². The second-order valence-corrected chi connectivity index (χ2v) is 6.04. The molecule has 0 unspecified atom stereocenters. The van der Waals surface area contributed by atoms with Gasteiger partial charge in [0.1, 0.15) is 5.82 Å². The lowest BCUT2D eigenvalue weighted by molar-refractivity contribution is -0.136. The van der Waals surface area contributed by atoms with E-state index in [0.29, 0.717) is 16.9 Å². The Morgan fingerprint density at radius 2 is 1.81 bits per heavy atom. The van der Waals surface area contributed by atoms with Crippen molar-refractivity contribution in [2.45, 2.75) is 13.8 Å². The van der Waals surface area contributed by atoms with Crippen molar-refractivity contribution in [2.24, 2.45) is 0 Å². The number of ether oxygens (including phenoxy) is 1. The molecule has 0 atom stereocenters. The highest BCUT2D eigenvalue weighted by Crippen LogP contribution is 2.35. The van der Waals surface area contributed by atoms with Crippen molar-refractivity contribution in [3.63, 3.8) is 0 Å². The predicted octanol–water partition coefficient (Wildman–Crippen LogP) is 4.01. The first-order chi connectivity index (χ1) is 12.4. The van der Waals surface area contributed by atoms with Crippen molar-refractivity contribution in [2.75, 3.05) is 12.0 Å². The normalized spacial score (nSPS) is 15.8. The number of allylic oxidation sites excluding steroid dienone is 1. The third-order valence-corrected chi connectivity index (χ3v) is 4.24. The number of aryl methyl sites for hydroxylation is 1. The summed E-state index contributed by atoms with van der Waals surface area (Å²) < 4.78 is 18.3. The van der Waals surface area contributed by atoms with Gasteiger partial charge in [-0.15, -0.1) is 0 Å². The molecule has 26 heavy (non-hydrogen) atoms. The van der Waals surface area contributed by atoms with E-state index in [4.69, 9.17) is 4.74 Å². The summed E-state index contributed by atoms with van der Waals surface area (Å²) in [5.74, 6) is -1.37. The standard InChI is InChI=1S/C21H18FNO3/c1-13-7-9-17(10-8-13)23-14(2)19(21(25)26-3)18(20(23)24)12-15-5-4-6-16(22)11-15/h4-12H,1-3H3/b18-12-. The van der Waals surface area contributed by atoms with E-state index in [1.165, 1.54) is 30.2 Å². The molecule has 0 radical (unpaired) electrons. The number of benzene rings is 2. The third kappa shape index (κ3) is 3.16. The third-order valence-electron chi connectivity index (χ3n) is 4.24. The topological polar surface area (TPSA) is 46.6 Å². The maximum Gasteiger partial charge on any atom is 0.340 e. The van der Waals surface area contributed by atoms with Crippen molar-refractivity contribution >= 4 is 23.6 Å². The fourth-order valence-corrected chi connectivity index (χ4v) is 2.95. The Morgan fingerprint density at radius 1 is 1.12 bits per heavy atom. The molecule has 0 saturated carbocycles. The fraction of sp³-hybridized carbons (Fsp3) is 0.143. The number of carbonyl (C=O) groups is 2. The van der Waals surface area contributed by atoms with Gasteiger partial charge < -0.3 is 4.74 Å². The van der Waals surface area contributed by atoms with Gasteiger partial charge in [-0.05, 0) is 49.8 Å². The number of hydrogen-bond acceptors (Lipinski definition) is 3. The number of rotatable bonds is 3. The molecule has 0 saturated heterocycles. The van der Waals surface area contributed by atoms with Crippen LogP contribution in [0, 0.1) is 12.7 Å². The Labute approximate surface area is 151 Å². The lowest BCUT2D eigenvalue weighted by Gasteiger charge is -2.18. The molecule has 0 aliphatic carbocycles. The zero-order valence-corrected chi connectivity index (χ0v) is 14.7. The number of esters is 1. The van der Waals surface area contributed by atoms with Gasteiger partial charge in [-0.3, -0.25) is 9.69 Å². The molecule has 0 aromatic heterocycles. The van der Waals surface area contributed by atoms with Gasteiger partial charge >= 0.3 is 5.97 Å². The van der Waals surface area contributed by atoms with Crippen LogP contribution in [0.3, 0.4) is 0 Å². The maximum atomic E-state index is 13.5. The Morgan fingerprint density at radius 3 is 2.42 bits per heavy atom. The molecule has 0 fully saturated rings. The number of halogens is 1. The zero-order chi connectivity index (χ0) is 18.8. The highest BCUT2D eigenvalue weighted by molar-refractivity contribution is 6.23. The van der Waals surface area contributed by atoms with Crippen molar-refractivity contribution < 1.29 is 18.7 Å². The number of carbonyl (C=O) groups excluding carboxylic acids is 2. The van der Waals surface area contributed by atoms with Gasteiger partial charge in [0.2, 0.25) is 0 Å². The van der Waals surface area contributed by atoms with Gasteiger partial charge in [-0.25, -0.2) is 9.18 Å². The van der Waals surface area contributed by atoms with Crippen LogP contribution in [-0.2, 0) is 14.3 Å². The summed E-state index contributed by atoms with van der Waals surface area (Å²) in [6.45, 7) is 3.64. The van der Waals surface area contributed by atoms with Gasteiger partial charge in [0.15, 0.2) is 0 Å². The fourth-order valence-electron chi connectivity index (χ4n) is 2.95. The van der Waals surface area contributed by atoms with E-state index in [1.807, 2.05) is 31.2 Å². The van der Waals surface area contributed by atoms with Crippen molar-refractivity contribution in [1.29, 1.82) is 0 Å². The Kier molecular flexibility index (Phi) is 4.71. The molecule has 1 heterocycles. The van der Waals surface area contributed by atoms with Crippen LogP contribution in [0.5, 0.6) is 0 Å². The van der Waals surface area contributed by atoms with Gasteiger partial charge in [0.05, 0.1) is 18.3 Å². The molecular weight excluding hydrogens is 333 g/mol. The molecule has 2 aromatic rings. The van der Waals surface area contributed by atoms with E-state index in [1.54, 1.807) is 19.1 Å². The number of anilines is 1. The van der Waals surface area contributed by atoms with E-state index < -0.39 is 11.8 Å². The minimum absolute atomic E-state index is 0.181.